The van der Waals surface area contributed by atoms with E-state index in [0.717, 1.165) is 35.8 Å². The molecule has 16 heavy (non-hydrogen) atoms. The van der Waals surface area contributed by atoms with Crippen molar-refractivity contribution in [2.24, 2.45) is 0 Å². The Balaban J connectivity index is 0.00000225. The maximum absolute atomic E-state index is 5.30. The molecular formula is C11H18ClNO3. The quantitative estimate of drug-likeness (QED) is 0.626. The van der Waals surface area contributed by atoms with E-state index >= 15 is 0 Å². The second kappa shape index (κ2) is 7.19. The summed E-state index contributed by atoms with van der Waals surface area (Å²) in [6, 6.07) is 3.71. The van der Waals surface area contributed by atoms with E-state index in [1.165, 1.54) is 0 Å². The van der Waals surface area contributed by atoms with E-state index in [-0.39, 0.29) is 12.4 Å². The van der Waals surface area contributed by atoms with Crippen LogP contribution in [0.25, 0.3) is 0 Å². The van der Waals surface area contributed by atoms with Crippen molar-refractivity contribution in [1.82, 2.24) is 0 Å². The number of hydrogen-bond acceptors (Lipinski definition) is 3. The van der Waals surface area contributed by atoms with Crippen LogP contribution in [0, 0.1) is 0 Å². The van der Waals surface area contributed by atoms with E-state index in [0.29, 0.717) is 0 Å². The van der Waals surface area contributed by atoms with Gasteiger partial charge in [0.1, 0.15) is 17.2 Å². The maximum atomic E-state index is 5.30. The molecule has 0 spiro atoms. The van der Waals surface area contributed by atoms with Gasteiger partial charge in [0.15, 0.2) is 0 Å². The van der Waals surface area contributed by atoms with Crippen LogP contribution < -0.4 is 32.4 Å². The summed E-state index contributed by atoms with van der Waals surface area (Å²) >= 11 is 0. The number of halogens is 1. The lowest BCUT2D eigenvalue weighted by Crippen LogP contribution is -3.00. The average Bonchev–Trinajstić information content (AvgIpc) is 2.29. The first-order chi connectivity index (χ1) is 7.26. The van der Waals surface area contributed by atoms with Crippen LogP contribution in [0.3, 0.4) is 0 Å². The van der Waals surface area contributed by atoms with Crippen LogP contribution in [-0.2, 0) is 6.42 Å². The molecule has 0 bridgehead atoms. The Kier molecular flexibility index (Phi) is 6.69. The summed E-state index contributed by atoms with van der Waals surface area (Å²) < 4.78 is 15.7. The Bertz CT molecular complexity index is 306. The van der Waals surface area contributed by atoms with Gasteiger partial charge in [-0.25, -0.2) is 0 Å². The lowest BCUT2D eigenvalue weighted by Gasteiger charge is -2.13. The molecule has 0 aromatic heterocycles. The topological polar surface area (TPSA) is 55.3 Å². The Morgan fingerprint density at radius 2 is 1.50 bits per heavy atom. The van der Waals surface area contributed by atoms with Gasteiger partial charge in [0, 0.05) is 24.1 Å². The van der Waals surface area contributed by atoms with E-state index in [1.807, 2.05) is 12.1 Å². The molecule has 0 heterocycles. The fourth-order valence-corrected chi connectivity index (χ4v) is 1.50. The van der Waals surface area contributed by atoms with Crippen LogP contribution in [0.4, 0.5) is 0 Å². The van der Waals surface area contributed by atoms with Gasteiger partial charge in [-0.1, -0.05) is 0 Å². The molecule has 0 aliphatic rings. The first kappa shape index (κ1) is 14.9. The van der Waals surface area contributed by atoms with Gasteiger partial charge in [0.25, 0.3) is 0 Å². The first-order valence-electron chi connectivity index (χ1n) is 4.85. The van der Waals surface area contributed by atoms with E-state index in [9.17, 15) is 0 Å². The van der Waals surface area contributed by atoms with Crippen molar-refractivity contribution >= 4 is 0 Å². The summed E-state index contributed by atoms with van der Waals surface area (Å²) in [6.07, 6.45) is 0.830. The number of quaternary nitrogens is 1. The molecule has 92 valence electrons. The molecule has 0 saturated heterocycles. The highest BCUT2D eigenvalue weighted by Crippen LogP contribution is 2.33. The summed E-state index contributed by atoms with van der Waals surface area (Å²) in [5, 5.41) is 0. The molecule has 3 N–H and O–H groups in total. The van der Waals surface area contributed by atoms with Crippen LogP contribution in [0.2, 0.25) is 0 Å². The first-order valence-corrected chi connectivity index (χ1v) is 4.85. The normalized spacial score (nSPS) is 9.25. The third kappa shape index (κ3) is 3.18. The molecule has 1 rings (SSSR count). The zero-order chi connectivity index (χ0) is 11.3. The average molecular weight is 248 g/mol. The molecule has 0 fully saturated rings. The van der Waals surface area contributed by atoms with Crippen LogP contribution in [0.5, 0.6) is 17.2 Å². The fraction of sp³-hybridized carbons (Fsp3) is 0.455. The molecule has 0 amide bonds. The number of ether oxygens (including phenoxy) is 3. The molecule has 1 aromatic rings. The minimum atomic E-state index is 0. The Labute approximate surface area is 102 Å². The molecule has 0 radical (unpaired) electrons. The predicted molar refractivity (Wildman–Crippen MR) is 57.6 cm³/mol. The van der Waals surface area contributed by atoms with Crippen LogP contribution >= 0.6 is 0 Å². The van der Waals surface area contributed by atoms with E-state index in [4.69, 9.17) is 14.2 Å². The molecule has 1 aromatic carbocycles. The SMILES string of the molecule is COc1cc(OC)c(CC[NH3+])c(OC)c1.[Cl-]. The summed E-state index contributed by atoms with van der Waals surface area (Å²) in [4.78, 5) is 0. The van der Waals surface area contributed by atoms with Gasteiger partial charge >= 0.3 is 0 Å². The summed E-state index contributed by atoms with van der Waals surface area (Å²) in [5.41, 5.74) is 4.87. The third-order valence-electron chi connectivity index (χ3n) is 2.24. The van der Waals surface area contributed by atoms with Crippen molar-refractivity contribution < 1.29 is 32.4 Å². The van der Waals surface area contributed by atoms with Gasteiger partial charge in [0.2, 0.25) is 0 Å². The molecule has 0 unspecified atom stereocenters. The van der Waals surface area contributed by atoms with Crippen molar-refractivity contribution in [1.29, 1.82) is 0 Å². The minimum absolute atomic E-state index is 0. The number of benzene rings is 1. The lowest BCUT2D eigenvalue weighted by atomic mass is 10.1. The molecule has 0 aliphatic carbocycles. The van der Waals surface area contributed by atoms with Crippen molar-refractivity contribution in [2.45, 2.75) is 6.42 Å². The van der Waals surface area contributed by atoms with Gasteiger partial charge in [-0.3, -0.25) is 0 Å². The lowest BCUT2D eigenvalue weighted by molar-refractivity contribution is -0.366. The van der Waals surface area contributed by atoms with Crippen molar-refractivity contribution in [3.8, 4) is 17.2 Å². The monoisotopic (exact) mass is 247 g/mol. The summed E-state index contributed by atoms with van der Waals surface area (Å²) in [5.74, 6) is 2.31. The molecular weight excluding hydrogens is 230 g/mol. The van der Waals surface area contributed by atoms with Crippen molar-refractivity contribution in [2.75, 3.05) is 27.9 Å². The van der Waals surface area contributed by atoms with Crippen molar-refractivity contribution in [3.05, 3.63) is 17.7 Å². The molecule has 0 saturated carbocycles. The number of hydrogen-bond donors (Lipinski definition) is 1. The maximum Gasteiger partial charge on any atom is 0.129 e. The van der Waals surface area contributed by atoms with E-state index in [2.05, 4.69) is 5.73 Å². The second-order valence-electron chi connectivity index (χ2n) is 3.11. The third-order valence-corrected chi connectivity index (χ3v) is 2.24. The number of methoxy groups -OCH3 is 3. The van der Waals surface area contributed by atoms with E-state index in [1.54, 1.807) is 21.3 Å². The summed E-state index contributed by atoms with van der Waals surface area (Å²) in [7, 11) is 4.90. The standard InChI is InChI=1S/C11H17NO3.ClH/c1-13-8-6-10(14-2)9(4-5-12)11(7-8)15-3;/h6-7H,4-5,12H2,1-3H3;1H. The van der Waals surface area contributed by atoms with Gasteiger partial charge in [-0.2, -0.15) is 0 Å². The smallest absolute Gasteiger partial charge is 0.129 e. The highest BCUT2D eigenvalue weighted by Gasteiger charge is 2.12. The van der Waals surface area contributed by atoms with Gasteiger partial charge in [-0.15, -0.1) is 0 Å². The fourth-order valence-electron chi connectivity index (χ4n) is 1.50. The van der Waals surface area contributed by atoms with Gasteiger partial charge < -0.3 is 32.4 Å². The largest absolute Gasteiger partial charge is 1.00 e. The molecule has 4 nitrogen and oxygen atoms in total. The van der Waals surface area contributed by atoms with Crippen LogP contribution in [-0.4, -0.2) is 27.9 Å². The predicted octanol–water partition coefficient (Wildman–Crippen LogP) is -2.50. The highest BCUT2D eigenvalue weighted by molar-refractivity contribution is 5.50. The number of rotatable bonds is 5. The zero-order valence-corrected chi connectivity index (χ0v) is 10.6. The van der Waals surface area contributed by atoms with Crippen LogP contribution in [0.15, 0.2) is 12.1 Å². The molecule has 0 aliphatic heterocycles. The summed E-state index contributed by atoms with van der Waals surface area (Å²) in [6.45, 7) is 0.805. The van der Waals surface area contributed by atoms with Crippen LogP contribution in [0.1, 0.15) is 5.56 Å². The van der Waals surface area contributed by atoms with Gasteiger partial charge in [0.05, 0.1) is 27.9 Å². The molecule has 0 atom stereocenters. The Morgan fingerprint density at radius 3 is 1.81 bits per heavy atom. The Morgan fingerprint density at radius 1 is 1.00 bits per heavy atom. The highest BCUT2D eigenvalue weighted by atomic mass is 35.5. The van der Waals surface area contributed by atoms with E-state index < -0.39 is 0 Å². The Hall–Kier alpha value is -1.13. The second-order valence-corrected chi connectivity index (χ2v) is 3.11. The van der Waals surface area contributed by atoms with Gasteiger partial charge in [-0.05, 0) is 0 Å². The molecule has 5 heteroatoms. The minimum Gasteiger partial charge on any atom is -1.00 e. The zero-order valence-electron chi connectivity index (χ0n) is 9.88. The van der Waals surface area contributed by atoms with Crippen molar-refractivity contribution in [3.63, 3.8) is 0 Å².